The van der Waals surface area contributed by atoms with Crippen molar-refractivity contribution >= 4 is 23.1 Å². The number of aromatic nitrogens is 2. The predicted molar refractivity (Wildman–Crippen MR) is 58.9 cm³/mol. The quantitative estimate of drug-likeness (QED) is 0.692. The number of rotatable bonds is 1. The summed E-state index contributed by atoms with van der Waals surface area (Å²) in [5.74, 6) is 0.668. The number of nitrogens with zero attached hydrogens (tertiary/aromatic N) is 3. The second-order valence-electron chi connectivity index (χ2n) is 3.62. The van der Waals surface area contributed by atoms with E-state index in [-0.39, 0.29) is 11.3 Å². The SMILES string of the molecule is Nc1c(Cl)ncnc1N1CCC(O)CC1. The van der Waals surface area contributed by atoms with E-state index in [4.69, 9.17) is 17.3 Å². The number of hydrogen-bond donors (Lipinski definition) is 2. The summed E-state index contributed by atoms with van der Waals surface area (Å²) in [5, 5.41) is 9.66. The molecule has 0 amide bonds. The van der Waals surface area contributed by atoms with Gasteiger partial charge in [-0.15, -0.1) is 0 Å². The lowest BCUT2D eigenvalue weighted by Crippen LogP contribution is -2.36. The molecule has 1 fully saturated rings. The van der Waals surface area contributed by atoms with Crippen molar-refractivity contribution in [2.75, 3.05) is 23.7 Å². The van der Waals surface area contributed by atoms with E-state index in [1.165, 1.54) is 6.33 Å². The summed E-state index contributed by atoms with van der Waals surface area (Å²) in [6, 6.07) is 0. The lowest BCUT2D eigenvalue weighted by molar-refractivity contribution is 0.145. The molecular weight excluding hydrogens is 216 g/mol. The Morgan fingerprint density at radius 2 is 2.07 bits per heavy atom. The molecule has 2 heterocycles. The topological polar surface area (TPSA) is 75.3 Å². The monoisotopic (exact) mass is 228 g/mol. The highest BCUT2D eigenvalue weighted by atomic mass is 35.5. The van der Waals surface area contributed by atoms with Gasteiger partial charge in [0.1, 0.15) is 12.0 Å². The van der Waals surface area contributed by atoms with Crippen molar-refractivity contribution < 1.29 is 5.11 Å². The predicted octanol–water partition coefficient (Wildman–Crippen LogP) is 0.673. The Balaban J connectivity index is 2.19. The molecule has 6 heteroatoms. The van der Waals surface area contributed by atoms with Gasteiger partial charge in [0, 0.05) is 13.1 Å². The molecule has 3 N–H and O–H groups in total. The van der Waals surface area contributed by atoms with Crippen LogP contribution in [-0.2, 0) is 0 Å². The molecule has 0 radical (unpaired) electrons. The van der Waals surface area contributed by atoms with Gasteiger partial charge in [-0.2, -0.15) is 0 Å². The number of nitrogens with two attached hydrogens (primary N) is 1. The summed E-state index contributed by atoms with van der Waals surface area (Å²) in [6.45, 7) is 1.50. The molecule has 0 spiro atoms. The van der Waals surface area contributed by atoms with Crippen LogP contribution in [0, 0.1) is 0 Å². The molecule has 1 aromatic rings. The smallest absolute Gasteiger partial charge is 0.157 e. The molecule has 0 saturated carbocycles. The van der Waals surface area contributed by atoms with Crippen LogP contribution in [0.1, 0.15) is 12.8 Å². The van der Waals surface area contributed by atoms with Crippen LogP contribution in [0.4, 0.5) is 11.5 Å². The van der Waals surface area contributed by atoms with Crippen molar-refractivity contribution in [2.45, 2.75) is 18.9 Å². The number of hydrogen-bond acceptors (Lipinski definition) is 5. The molecule has 5 nitrogen and oxygen atoms in total. The Morgan fingerprint density at radius 3 is 2.73 bits per heavy atom. The van der Waals surface area contributed by atoms with Gasteiger partial charge in [-0.25, -0.2) is 9.97 Å². The van der Waals surface area contributed by atoms with Gasteiger partial charge in [-0.1, -0.05) is 11.6 Å². The number of nitrogen functional groups attached to an aromatic ring is 1. The summed E-state index contributed by atoms with van der Waals surface area (Å²) in [5.41, 5.74) is 6.20. The van der Waals surface area contributed by atoms with Crippen molar-refractivity contribution in [1.29, 1.82) is 0 Å². The number of piperidine rings is 1. The van der Waals surface area contributed by atoms with E-state index < -0.39 is 0 Å². The normalized spacial score (nSPS) is 18.1. The van der Waals surface area contributed by atoms with Gasteiger partial charge in [0.25, 0.3) is 0 Å². The maximum absolute atomic E-state index is 9.38. The molecule has 0 atom stereocenters. The Bertz CT molecular complexity index is 352. The van der Waals surface area contributed by atoms with E-state index in [1.807, 2.05) is 4.90 Å². The van der Waals surface area contributed by atoms with E-state index in [1.54, 1.807) is 0 Å². The summed E-state index contributed by atoms with van der Waals surface area (Å²) in [7, 11) is 0. The minimum atomic E-state index is -0.209. The van der Waals surface area contributed by atoms with Crippen molar-refractivity contribution in [3.8, 4) is 0 Å². The summed E-state index contributed by atoms with van der Waals surface area (Å²) >= 11 is 5.81. The van der Waals surface area contributed by atoms with Crippen molar-refractivity contribution in [1.82, 2.24) is 9.97 Å². The first-order valence-electron chi connectivity index (χ1n) is 4.87. The molecule has 0 aromatic carbocycles. The van der Waals surface area contributed by atoms with Crippen molar-refractivity contribution in [2.24, 2.45) is 0 Å². The van der Waals surface area contributed by atoms with E-state index >= 15 is 0 Å². The second kappa shape index (κ2) is 4.20. The fourth-order valence-electron chi connectivity index (χ4n) is 1.70. The van der Waals surface area contributed by atoms with Gasteiger partial charge in [-0.05, 0) is 12.8 Å². The molecule has 0 unspecified atom stereocenters. The fraction of sp³-hybridized carbons (Fsp3) is 0.556. The highest BCUT2D eigenvalue weighted by Gasteiger charge is 2.20. The molecule has 1 aromatic heterocycles. The zero-order valence-electron chi connectivity index (χ0n) is 8.23. The molecular formula is C9H13ClN4O. The number of anilines is 2. The first kappa shape index (κ1) is 10.4. The van der Waals surface area contributed by atoms with Crippen molar-refractivity contribution in [3.05, 3.63) is 11.5 Å². The van der Waals surface area contributed by atoms with E-state index in [0.29, 0.717) is 11.5 Å². The van der Waals surface area contributed by atoms with Crippen LogP contribution in [0.25, 0.3) is 0 Å². The van der Waals surface area contributed by atoms with Crippen LogP contribution in [0.5, 0.6) is 0 Å². The van der Waals surface area contributed by atoms with E-state index in [9.17, 15) is 5.11 Å². The average Bonchev–Trinajstić information content (AvgIpc) is 2.24. The third kappa shape index (κ3) is 2.13. The lowest BCUT2D eigenvalue weighted by Gasteiger charge is -2.31. The zero-order chi connectivity index (χ0) is 10.8. The molecule has 0 aliphatic carbocycles. The summed E-state index contributed by atoms with van der Waals surface area (Å²) in [6.07, 6.45) is 2.67. The van der Waals surface area contributed by atoms with Gasteiger partial charge in [0.05, 0.1) is 6.10 Å². The third-order valence-corrected chi connectivity index (χ3v) is 2.88. The minimum Gasteiger partial charge on any atom is -0.393 e. The first-order valence-corrected chi connectivity index (χ1v) is 5.25. The molecule has 1 aliphatic rings. The van der Waals surface area contributed by atoms with Crippen LogP contribution < -0.4 is 10.6 Å². The van der Waals surface area contributed by atoms with Crippen LogP contribution in [0.2, 0.25) is 5.15 Å². The van der Waals surface area contributed by atoms with E-state index in [0.717, 1.165) is 25.9 Å². The first-order chi connectivity index (χ1) is 7.18. The Hall–Kier alpha value is -1.07. The van der Waals surface area contributed by atoms with Crippen LogP contribution in [0.15, 0.2) is 6.33 Å². The van der Waals surface area contributed by atoms with Crippen LogP contribution >= 0.6 is 11.6 Å². The van der Waals surface area contributed by atoms with Crippen molar-refractivity contribution in [3.63, 3.8) is 0 Å². The average molecular weight is 229 g/mol. The van der Waals surface area contributed by atoms with Gasteiger partial charge in [-0.3, -0.25) is 0 Å². The minimum absolute atomic E-state index is 0.209. The Kier molecular flexibility index (Phi) is 2.93. The zero-order valence-corrected chi connectivity index (χ0v) is 8.98. The summed E-state index contributed by atoms with van der Waals surface area (Å²) < 4.78 is 0. The highest BCUT2D eigenvalue weighted by Crippen LogP contribution is 2.27. The third-order valence-electron chi connectivity index (χ3n) is 2.58. The Morgan fingerprint density at radius 1 is 1.40 bits per heavy atom. The van der Waals surface area contributed by atoms with E-state index in [2.05, 4.69) is 9.97 Å². The molecule has 15 heavy (non-hydrogen) atoms. The molecule has 82 valence electrons. The molecule has 0 bridgehead atoms. The largest absolute Gasteiger partial charge is 0.393 e. The molecule has 1 aliphatic heterocycles. The molecule has 2 rings (SSSR count). The molecule has 1 saturated heterocycles. The van der Waals surface area contributed by atoms with Gasteiger partial charge in [0.15, 0.2) is 11.0 Å². The number of aliphatic hydroxyl groups is 1. The maximum atomic E-state index is 9.38. The standard InChI is InChI=1S/C9H13ClN4O/c10-8-7(11)9(13-5-12-8)14-3-1-6(15)2-4-14/h5-6,15H,1-4,11H2. The lowest BCUT2D eigenvalue weighted by atomic mass is 10.1. The number of aliphatic hydroxyl groups excluding tert-OH is 1. The van der Waals surface area contributed by atoms with Crippen LogP contribution in [0.3, 0.4) is 0 Å². The summed E-state index contributed by atoms with van der Waals surface area (Å²) in [4.78, 5) is 9.94. The Labute approximate surface area is 92.9 Å². The maximum Gasteiger partial charge on any atom is 0.157 e. The number of halogens is 1. The van der Waals surface area contributed by atoms with Gasteiger partial charge < -0.3 is 15.7 Å². The fourth-order valence-corrected chi connectivity index (χ4v) is 1.82. The highest BCUT2D eigenvalue weighted by molar-refractivity contribution is 6.32. The van der Waals surface area contributed by atoms with Crippen LogP contribution in [-0.4, -0.2) is 34.3 Å². The van der Waals surface area contributed by atoms with Gasteiger partial charge in [0.2, 0.25) is 0 Å². The second-order valence-corrected chi connectivity index (χ2v) is 3.98. The van der Waals surface area contributed by atoms with Gasteiger partial charge >= 0.3 is 0 Å².